The molecule has 6 heterocycles. The third kappa shape index (κ3) is 4.75. The molecule has 0 amide bonds. The van der Waals surface area contributed by atoms with Gasteiger partial charge >= 0.3 is 0 Å². The summed E-state index contributed by atoms with van der Waals surface area (Å²) in [7, 11) is 0. The van der Waals surface area contributed by atoms with Gasteiger partial charge in [0.1, 0.15) is 0 Å². The Morgan fingerprint density at radius 2 is 0.609 bits per heavy atom. The molecule has 6 heteroatoms. The summed E-state index contributed by atoms with van der Waals surface area (Å²) < 4.78 is 5.35. The van der Waals surface area contributed by atoms with Gasteiger partial charge in [-0.2, -0.15) is 0 Å². The van der Waals surface area contributed by atoms with Crippen LogP contribution < -0.4 is 0 Å². The maximum atomic E-state index is 2.62. The summed E-state index contributed by atoms with van der Waals surface area (Å²) in [5, 5.41) is 5.34. The maximum absolute atomic E-state index is 2.62. The van der Waals surface area contributed by atoms with E-state index in [-0.39, 0.29) is 0 Å². The van der Waals surface area contributed by atoms with Gasteiger partial charge in [-0.1, -0.05) is 145 Å². The second-order valence-electron chi connectivity index (χ2n) is 17.0. The zero-order valence-electron chi connectivity index (χ0n) is 33.9. The van der Waals surface area contributed by atoms with Crippen LogP contribution in [-0.4, -0.2) is 0 Å². The third-order valence-electron chi connectivity index (χ3n) is 13.9. The monoisotopic (exact) mass is 920 g/mol. The normalized spacial score (nSPS) is 15.0. The fraction of sp³-hybridized carbons (Fsp3) is 0.0345. The van der Waals surface area contributed by atoms with Gasteiger partial charge in [0.25, 0.3) is 0 Å². The van der Waals surface area contributed by atoms with Crippen LogP contribution in [0, 0.1) is 0 Å². The van der Waals surface area contributed by atoms with Crippen molar-refractivity contribution in [3.8, 4) is 20.9 Å². The predicted molar refractivity (Wildman–Crippen MR) is 277 cm³/mol. The van der Waals surface area contributed by atoms with E-state index in [9.17, 15) is 0 Å². The van der Waals surface area contributed by atoms with Crippen molar-refractivity contribution in [2.75, 3.05) is 0 Å². The Hall–Kier alpha value is -5.70. The van der Waals surface area contributed by atoms with Gasteiger partial charge < -0.3 is 0 Å². The molecule has 4 aromatic heterocycles. The Morgan fingerprint density at radius 3 is 1.02 bits per heavy atom. The van der Waals surface area contributed by atoms with Crippen LogP contribution in [0.3, 0.4) is 0 Å². The van der Waals surface area contributed by atoms with Gasteiger partial charge in [0.05, 0.1) is 10.8 Å². The highest BCUT2D eigenvalue weighted by Crippen LogP contribution is 2.70. The van der Waals surface area contributed by atoms with E-state index in [1.54, 1.807) is 0 Å². The first kappa shape index (κ1) is 36.6. The zero-order valence-corrected chi connectivity index (χ0v) is 38.8. The van der Waals surface area contributed by atoms with Gasteiger partial charge in [-0.05, 0) is 117 Å². The Morgan fingerprint density at radius 1 is 0.266 bits per heavy atom. The number of hydrogen-bond donors (Lipinski definition) is 0. The maximum Gasteiger partial charge on any atom is 0.0831 e. The molecule has 3 aliphatic rings. The van der Waals surface area contributed by atoms with Crippen molar-refractivity contribution in [1.82, 2.24) is 0 Å². The highest BCUT2D eigenvalue weighted by atomic mass is 32.2. The first-order valence-electron chi connectivity index (χ1n) is 21.5. The van der Waals surface area contributed by atoms with E-state index in [0.717, 1.165) is 0 Å². The van der Waals surface area contributed by atoms with Gasteiger partial charge in [0.2, 0.25) is 0 Å². The summed E-state index contributed by atoms with van der Waals surface area (Å²) in [6.45, 7) is 0. The molecule has 0 N–H and O–H groups in total. The predicted octanol–water partition coefficient (Wildman–Crippen LogP) is 17.9. The molecule has 12 aromatic rings. The van der Waals surface area contributed by atoms with Gasteiger partial charge in [0, 0.05) is 79.4 Å². The lowest BCUT2D eigenvalue weighted by Crippen LogP contribution is -2.45. The summed E-state index contributed by atoms with van der Waals surface area (Å²) in [5.41, 5.74) is 9.74. The topological polar surface area (TPSA) is 0 Å². The van der Waals surface area contributed by atoms with Crippen LogP contribution in [0.1, 0.15) is 43.1 Å². The van der Waals surface area contributed by atoms with Crippen molar-refractivity contribution in [2.45, 2.75) is 30.4 Å². The van der Waals surface area contributed by atoms with Crippen LogP contribution in [-0.2, 0) is 10.8 Å². The van der Waals surface area contributed by atoms with E-state index in [2.05, 4.69) is 194 Å². The number of benzene rings is 8. The first-order chi connectivity index (χ1) is 31.7. The number of thiophene rings is 4. The molecule has 0 fully saturated rings. The van der Waals surface area contributed by atoms with Crippen molar-refractivity contribution >= 4 is 109 Å². The Bertz CT molecular complexity index is 3550. The molecule has 0 bridgehead atoms. The summed E-state index contributed by atoms with van der Waals surface area (Å²) >= 11 is 11.7. The van der Waals surface area contributed by atoms with Crippen molar-refractivity contribution < 1.29 is 0 Å². The Balaban J connectivity index is 1.11. The molecule has 15 rings (SSSR count). The van der Waals surface area contributed by atoms with E-state index < -0.39 is 10.8 Å². The summed E-state index contributed by atoms with van der Waals surface area (Å²) in [4.78, 5) is 10.8. The molecule has 0 nitrogen and oxygen atoms in total. The molecule has 2 aliphatic heterocycles. The minimum Gasteiger partial charge on any atom is -0.138 e. The number of fused-ring (bicyclic) bond motifs is 20. The lowest BCUT2D eigenvalue weighted by molar-refractivity contribution is 0.609. The lowest BCUT2D eigenvalue weighted by Gasteiger charge is -2.51. The summed E-state index contributed by atoms with van der Waals surface area (Å²) in [6.07, 6.45) is 0. The van der Waals surface area contributed by atoms with Crippen LogP contribution in [0.5, 0.6) is 0 Å². The van der Waals surface area contributed by atoms with Crippen molar-refractivity contribution in [3.63, 3.8) is 0 Å². The summed E-state index contributed by atoms with van der Waals surface area (Å²) in [5.74, 6) is 0. The first-order valence-corrected chi connectivity index (χ1v) is 26.4. The highest BCUT2D eigenvalue weighted by Gasteiger charge is 2.60. The van der Waals surface area contributed by atoms with E-state index in [1.807, 2.05) is 68.9 Å². The van der Waals surface area contributed by atoms with Crippen molar-refractivity contribution in [1.29, 1.82) is 0 Å². The van der Waals surface area contributed by atoms with E-state index in [0.29, 0.717) is 0 Å². The van der Waals surface area contributed by atoms with Crippen molar-refractivity contribution in [3.05, 3.63) is 237 Å². The molecule has 0 saturated carbocycles. The van der Waals surface area contributed by atoms with Gasteiger partial charge in [-0.3, -0.25) is 0 Å². The van der Waals surface area contributed by atoms with Crippen LogP contribution >= 0.6 is 68.9 Å². The summed E-state index contributed by atoms with van der Waals surface area (Å²) in [6, 6.07) is 74.6. The largest absolute Gasteiger partial charge is 0.138 e. The molecular weight excluding hydrogens is 889 g/mol. The fourth-order valence-corrected chi connectivity index (χ4v) is 18.7. The van der Waals surface area contributed by atoms with Gasteiger partial charge in [-0.15, -0.1) is 45.3 Å². The molecule has 0 saturated heterocycles. The third-order valence-corrected chi connectivity index (χ3v) is 21.1. The second-order valence-corrected chi connectivity index (χ2v) is 23.5. The zero-order chi connectivity index (χ0) is 41.7. The Labute approximate surface area is 394 Å². The standard InChI is InChI=1S/C58H32S6/c1-7-19-45-35(13-1)37-29-33(25-27-47(37)59-45)53-31-43-55(63-53)58(41-17-5-11-23-51(41)62-52-24-12-6-18-42(52)58)44-32-54(34-26-28-48-38(30-34)36-14-2-8-20-46(36)60-48)64-56(44)57(43)39-15-3-9-21-49(39)61-50-22-10-4-16-40(50)57/h1-32H. The quantitative estimate of drug-likeness (QED) is 0.169. The molecule has 1 aliphatic carbocycles. The van der Waals surface area contributed by atoms with E-state index in [1.165, 1.54) is 124 Å². The van der Waals surface area contributed by atoms with Gasteiger partial charge in [-0.25, -0.2) is 0 Å². The lowest BCUT2D eigenvalue weighted by atomic mass is 9.55. The average Bonchev–Trinajstić information content (AvgIpc) is 4.16. The molecule has 0 unspecified atom stereocenters. The second kappa shape index (κ2) is 13.4. The minimum atomic E-state index is -0.557. The Kier molecular flexibility index (Phi) is 7.68. The van der Waals surface area contributed by atoms with Crippen LogP contribution in [0.25, 0.3) is 61.2 Å². The minimum absolute atomic E-state index is 0.557. The molecular formula is C58H32S6. The number of rotatable bonds is 2. The number of hydrogen-bond acceptors (Lipinski definition) is 6. The van der Waals surface area contributed by atoms with E-state index >= 15 is 0 Å². The average molecular weight is 921 g/mol. The molecule has 0 atom stereocenters. The smallest absolute Gasteiger partial charge is 0.0831 e. The van der Waals surface area contributed by atoms with Crippen LogP contribution in [0.2, 0.25) is 0 Å². The SMILES string of the molecule is c1ccc2c(c1)Sc1ccccc1C21c2cc(-c3ccc4sc5ccccc5c4c3)sc2C2(c3ccccc3Sc3ccccc32)c2cc(-c3ccc4sc5ccccc5c4c3)sc21. The molecule has 64 heavy (non-hydrogen) atoms. The highest BCUT2D eigenvalue weighted by molar-refractivity contribution is 7.99. The van der Waals surface area contributed by atoms with Crippen LogP contribution in [0.15, 0.2) is 214 Å². The molecule has 8 aromatic carbocycles. The van der Waals surface area contributed by atoms with E-state index in [4.69, 9.17) is 0 Å². The van der Waals surface area contributed by atoms with Crippen LogP contribution in [0.4, 0.5) is 0 Å². The fourth-order valence-electron chi connectivity index (χ4n) is 11.2. The molecule has 300 valence electrons. The molecule has 0 radical (unpaired) electrons. The molecule has 2 spiro atoms. The van der Waals surface area contributed by atoms with Crippen molar-refractivity contribution in [2.24, 2.45) is 0 Å². The van der Waals surface area contributed by atoms with Gasteiger partial charge in [0.15, 0.2) is 0 Å².